The molecular weight excluding hydrogens is 219 g/mol. The van der Waals surface area contributed by atoms with E-state index in [2.05, 4.69) is 4.98 Å². The van der Waals surface area contributed by atoms with E-state index in [0.29, 0.717) is 5.52 Å². The Labute approximate surface area is 89.4 Å². The van der Waals surface area contributed by atoms with E-state index in [-0.39, 0.29) is 5.69 Å². The minimum atomic E-state index is -4.69. The van der Waals surface area contributed by atoms with Gasteiger partial charge in [0.15, 0.2) is 6.10 Å². The molecule has 1 aromatic carbocycles. The van der Waals surface area contributed by atoms with Gasteiger partial charge in [-0.1, -0.05) is 24.3 Å². The molecule has 1 aromatic heterocycles. The van der Waals surface area contributed by atoms with Crippen LogP contribution in [0, 0.1) is 0 Å². The average molecular weight is 227 g/mol. The van der Waals surface area contributed by atoms with Crippen molar-refractivity contribution < 1.29 is 18.3 Å². The maximum atomic E-state index is 12.2. The Morgan fingerprint density at radius 1 is 1.06 bits per heavy atom. The first kappa shape index (κ1) is 10.9. The van der Waals surface area contributed by atoms with Crippen LogP contribution in [-0.4, -0.2) is 16.3 Å². The number of aliphatic hydroxyl groups excluding tert-OH is 1. The van der Waals surface area contributed by atoms with Gasteiger partial charge in [-0.05, 0) is 12.1 Å². The van der Waals surface area contributed by atoms with Gasteiger partial charge in [-0.3, -0.25) is 0 Å². The molecule has 1 heterocycles. The van der Waals surface area contributed by atoms with Gasteiger partial charge in [0.25, 0.3) is 0 Å². The highest BCUT2D eigenvalue weighted by Crippen LogP contribution is 2.31. The number of hydrogen-bond acceptors (Lipinski definition) is 2. The lowest BCUT2D eigenvalue weighted by Crippen LogP contribution is -2.21. The molecule has 0 spiro atoms. The van der Waals surface area contributed by atoms with Gasteiger partial charge in [0, 0.05) is 5.39 Å². The summed E-state index contributed by atoms with van der Waals surface area (Å²) < 4.78 is 36.7. The third-order valence-electron chi connectivity index (χ3n) is 2.21. The standard InChI is InChI=1S/C11H8F3NO/c12-11(13,14)10(16)9-6-5-7-3-1-2-4-8(7)15-9/h1-6,10,16H. The van der Waals surface area contributed by atoms with Crippen molar-refractivity contribution in [3.63, 3.8) is 0 Å². The van der Waals surface area contributed by atoms with Crippen molar-refractivity contribution in [3.05, 3.63) is 42.1 Å². The van der Waals surface area contributed by atoms with E-state index in [1.54, 1.807) is 24.3 Å². The van der Waals surface area contributed by atoms with Crippen LogP contribution in [-0.2, 0) is 0 Å². The van der Waals surface area contributed by atoms with Crippen LogP contribution in [0.15, 0.2) is 36.4 Å². The Morgan fingerprint density at radius 2 is 1.75 bits per heavy atom. The number of halogens is 3. The number of aromatic nitrogens is 1. The lowest BCUT2D eigenvalue weighted by Gasteiger charge is -2.14. The fraction of sp³-hybridized carbons (Fsp3) is 0.182. The van der Waals surface area contributed by atoms with E-state index >= 15 is 0 Å². The summed E-state index contributed by atoms with van der Waals surface area (Å²) in [6.07, 6.45) is -7.22. The summed E-state index contributed by atoms with van der Waals surface area (Å²) in [7, 11) is 0. The van der Waals surface area contributed by atoms with Gasteiger partial charge < -0.3 is 5.11 Å². The Kier molecular flexibility index (Phi) is 2.55. The number of hydrogen-bond donors (Lipinski definition) is 1. The number of aliphatic hydroxyl groups is 1. The van der Waals surface area contributed by atoms with Crippen LogP contribution in [0.3, 0.4) is 0 Å². The first-order chi connectivity index (χ1) is 7.48. The molecule has 2 rings (SSSR count). The highest BCUT2D eigenvalue weighted by atomic mass is 19.4. The lowest BCUT2D eigenvalue weighted by molar-refractivity contribution is -0.207. The van der Waals surface area contributed by atoms with E-state index in [1.807, 2.05) is 0 Å². The first-order valence-electron chi connectivity index (χ1n) is 4.59. The number of alkyl halides is 3. The van der Waals surface area contributed by atoms with Crippen molar-refractivity contribution >= 4 is 10.9 Å². The Balaban J connectivity index is 2.47. The van der Waals surface area contributed by atoms with Gasteiger partial charge in [-0.2, -0.15) is 13.2 Å². The molecule has 84 valence electrons. The van der Waals surface area contributed by atoms with Gasteiger partial charge in [0.2, 0.25) is 0 Å². The fourth-order valence-corrected chi connectivity index (χ4v) is 1.40. The molecule has 1 unspecified atom stereocenters. The summed E-state index contributed by atoms with van der Waals surface area (Å²) >= 11 is 0. The SMILES string of the molecule is OC(c1ccc2ccccc2n1)C(F)(F)F. The number of nitrogens with zero attached hydrogens (tertiary/aromatic N) is 1. The second-order valence-corrected chi connectivity index (χ2v) is 3.37. The second kappa shape index (κ2) is 3.75. The molecular formula is C11H8F3NO. The molecule has 0 aliphatic rings. The van der Waals surface area contributed by atoms with Crippen molar-refractivity contribution in [1.82, 2.24) is 4.98 Å². The third-order valence-corrected chi connectivity index (χ3v) is 2.21. The van der Waals surface area contributed by atoms with Gasteiger partial charge in [-0.15, -0.1) is 0 Å². The van der Waals surface area contributed by atoms with E-state index < -0.39 is 12.3 Å². The minimum absolute atomic E-state index is 0.383. The second-order valence-electron chi connectivity index (χ2n) is 3.37. The fourth-order valence-electron chi connectivity index (χ4n) is 1.40. The van der Waals surface area contributed by atoms with Crippen LogP contribution in [0.4, 0.5) is 13.2 Å². The Morgan fingerprint density at radius 3 is 2.44 bits per heavy atom. The number of fused-ring (bicyclic) bond motifs is 1. The van der Waals surface area contributed by atoms with Gasteiger partial charge in [-0.25, -0.2) is 4.98 Å². The predicted molar refractivity (Wildman–Crippen MR) is 52.8 cm³/mol. The molecule has 5 heteroatoms. The maximum absolute atomic E-state index is 12.2. The average Bonchev–Trinajstić information content (AvgIpc) is 2.26. The van der Waals surface area contributed by atoms with Crippen molar-refractivity contribution in [2.24, 2.45) is 0 Å². The van der Waals surface area contributed by atoms with Crippen LogP contribution in [0.5, 0.6) is 0 Å². The van der Waals surface area contributed by atoms with E-state index in [9.17, 15) is 13.2 Å². The zero-order valence-electron chi connectivity index (χ0n) is 8.07. The molecule has 0 saturated carbocycles. The minimum Gasteiger partial charge on any atom is -0.378 e. The zero-order valence-corrected chi connectivity index (χ0v) is 8.07. The summed E-state index contributed by atoms with van der Waals surface area (Å²) in [6.45, 7) is 0. The molecule has 0 fully saturated rings. The Bertz CT molecular complexity index is 510. The van der Waals surface area contributed by atoms with Crippen LogP contribution >= 0.6 is 0 Å². The number of rotatable bonds is 1. The van der Waals surface area contributed by atoms with Gasteiger partial charge in [0.05, 0.1) is 11.2 Å². The first-order valence-corrected chi connectivity index (χ1v) is 4.59. The lowest BCUT2D eigenvalue weighted by atomic mass is 10.1. The molecule has 1 N–H and O–H groups in total. The third kappa shape index (κ3) is 1.99. The normalized spacial score (nSPS) is 14.0. The van der Waals surface area contributed by atoms with E-state index in [4.69, 9.17) is 5.11 Å². The number of para-hydroxylation sites is 1. The molecule has 0 saturated heterocycles. The van der Waals surface area contributed by atoms with Crippen LogP contribution in [0.1, 0.15) is 11.8 Å². The molecule has 0 aliphatic heterocycles. The molecule has 1 atom stereocenters. The molecule has 16 heavy (non-hydrogen) atoms. The summed E-state index contributed by atoms with van der Waals surface area (Å²) in [5, 5.41) is 9.77. The van der Waals surface area contributed by atoms with Crippen LogP contribution in [0.2, 0.25) is 0 Å². The van der Waals surface area contributed by atoms with Gasteiger partial charge in [0.1, 0.15) is 0 Å². The van der Waals surface area contributed by atoms with Crippen molar-refractivity contribution in [3.8, 4) is 0 Å². The maximum Gasteiger partial charge on any atom is 0.420 e. The van der Waals surface area contributed by atoms with Crippen molar-refractivity contribution in [2.75, 3.05) is 0 Å². The monoisotopic (exact) mass is 227 g/mol. The molecule has 0 aliphatic carbocycles. The molecule has 0 radical (unpaired) electrons. The molecule has 0 bridgehead atoms. The largest absolute Gasteiger partial charge is 0.420 e. The van der Waals surface area contributed by atoms with Gasteiger partial charge >= 0.3 is 6.18 Å². The summed E-state index contributed by atoms with van der Waals surface area (Å²) in [4.78, 5) is 3.77. The highest BCUT2D eigenvalue weighted by Gasteiger charge is 2.40. The van der Waals surface area contributed by atoms with Crippen molar-refractivity contribution in [2.45, 2.75) is 12.3 Å². The molecule has 2 aromatic rings. The summed E-state index contributed by atoms with van der Waals surface area (Å²) in [6, 6.07) is 9.48. The van der Waals surface area contributed by atoms with Crippen molar-refractivity contribution in [1.29, 1.82) is 0 Å². The Hall–Kier alpha value is -1.62. The summed E-state index contributed by atoms with van der Waals surface area (Å²) in [5.74, 6) is 0. The van der Waals surface area contributed by atoms with Crippen LogP contribution < -0.4 is 0 Å². The summed E-state index contributed by atoms with van der Waals surface area (Å²) in [5.41, 5.74) is 0.0505. The van der Waals surface area contributed by atoms with Crippen LogP contribution in [0.25, 0.3) is 10.9 Å². The smallest absolute Gasteiger partial charge is 0.378 e. The quantitative estimate of drug-likeness (QED) is 0.812. The predicted octanol–water partition coefficient (Wildman–Crippen LogP) is 2.83. The molecule has 0 amide bonds. The number of benzene rings is 1. The van der Waals surface area contributed by atoms with E-state index in [0.717, 1.165) is 5.39 Å². The zero-order chi connectivity index (χ0) is 11.8. The topological polar surface area (TPSA) is 33.1 Å². The highest BCUT2D eigenvalue weighted by molar-refractivity contribution is 5.78. The molecule has 2 nitrogen and oxygen atoms in total. The number of pyridine rings is 1. The van der Waals surface area contributed by atoms with E-state index in [1.165, 1.54) is 12.1 Å².